The van der Waals surface area contributed by atoms with E-state index >= 15 is 0 Å². The SMILES string of the molecule is CC(C)n1ccc(CC2(O)C3CC4CC(C3)CC2C4)n1. The Morgan fingerprint density at radius 2 is 1.80 bits per heavy atom. The molecule has 3 heteroatoms. The molecule has 0 aliphatic heterocycles. The van der Waals surface area contributed by atoms with E-state index in [4.69, 9.17) is 0 Å². The molecule has 0 radical (unpaired) electrons. The van der Waals surface area contributed by atoms with Gasteiger partial charge in [0.15, 0.2) is 0 Å². The first-order chi connectivity index (χ1) is 9.54. The third-order valence-electron chi connectivity index (χ3n) is 6.21. The molecule has 0 aromatic carbocycles. The lowest BCUT2D eigenvalue weighted by atomic mass is 9.49. The van der Waals surface area contributed by atoms with Crippen LogP contribution in [0.2, 0.25) is 0 Å². The summed E-state index contributed by atoms with van der Waals surface area (Å²) in [5.74, 6) is 2.88. The van der Waals surface area contributed by atoms with Gasteiger partial charge in [-0.2, -0.15) is 5.10 Å². The molecule has 4 saturated carbocycles. The predicted molar refractivity (Wildman–Crippen MR) is 78.3 cm³/mol. The van der Waals surface area contributed by atoms with Crippen molar-refractivity contribution in [3.8, 4) is 0 Å². The minimum atomic E-state index is -0.469. The quantitative estimate of drug-likeness (QED) is 0.919. The van der Waals surface area contributed by atoms with E-state index in [1.807, 2.05) is 4.68 Å². The average Bonchev–Trinajstić information content (AvgIpc) is 2.84. The Hall–Kier alpha value is -0.830. The minimum Gasteiger partial charge on any atom is -0.389 e. The van der Waals surface area contributed by atoms with E-state index in [1.54, 1.807) is 0 Å². The van der Waals surface area contributed by atoms with Crippen LogP contribution < -0.4 is 0 Å². The van der Waals surface area contributed by atoms with Gasteiger partial charge in [-0.05, 0) is 75.7 Å². The van der Waals surface area contributed by atoms with Crippen LogP contribution in [0.5, 0.6) is 0 Å². The fraction of sp³-hybridized carbons (Fsp3) is 0.824. The van der Waals surface area contributed by atoms with Gasteiger partial charge in [0.05, 0.1) is 11.3 Å². The van der Waals surface area contributed by atoms with Gasteiger partial charge in [0.1, 0.15) is 0 Å². The fourth-order valence-corrected chi connectivity index (χ4v) is 5.34. The lowest BCUT2D eigenvalue weighted by Gasteiger charge is -2.59. The van der Waals surface area contributed by atoms with Gasteiger partial charge in [-0.15, -0.1) is 0 Å². The molecule has 4 aliphatic rings. The second-order valence-corrected chi connectivity index (χ2v) is 7.85. The summed E-state index contributed by atoms with van der Waals surface area (Å²) in [4.78, 5) is 0. The van der Waals surface area contributed by atoms with Gasteiger partial charge in [0.2, 0.25) is 0 Å². The fourth-order valence-electron chi connectivity index (χ4n) is 5.34. The van der Waals surface area contributed by atoms with Gasteiger partial charge in [0, 0.05) is 18.7 Å². The van der Waals surface area contributed by atoms with E-state index in [0.717, 1.165) is 24.0 Å². The number of hydrogen-bond acceptors (Lipinski definition) is 2. The second-order valence-electron chi connectivity index (χ2n) is 7.85. The topological polar surface area (TPSA) is 38.0 Å². The Bertz CT molecular complexity index is 477. The maximum absolute atomic E-state index is 11.3. The Morgan fingerprint density at radius 1 is 1.20 bits per heavy atom. The van der Waals surface area contributed by atoms with Crippen molar-refractivity contribution in [1.29, 1.82) is 0 Å². The van der Waals surface area contributed by atoms with Crippen molar-refractivity contribution in [2.24, 2.45) is 23.7 Å². The Kier molecular flexibility index (Phi) is 2.79. The summed E-state index contributed by atoms with van der Waals surface area (Å²) in [7, 11) is 0. The molecule has 4 bridgehead atoms. The highest BCUT2D eigenvalue weighted by atomic mass is 16.3. The minimum absolute atomic E-state index is 0.400. The molecule has 3 nitrogen and oxygen atoms in total. The monoisotopic (exact) mass is 274 g/mol. The molecule has 1 aromatic heterocycles. The van der Waals surface area contributed by atoms with Crippen LogP contribution in [0.1, 0.15) is 57.7 Å². The zero-order valence-corrected chi connectivity index (χ0v) is 12.6. The first kappa shape index (κ1) is 12.9. The summed E-state index contributed by atoms with van der Waals surface area (Å²) < 4.78 is 2.01. The lowest BCUT2D eigenvalue weighted by Crippen LogP contribution is -2.58. The van der Waals surface area contributed by atoms with Crippen LogP contribution in [0, 0.1) is 23.7 Å². The summed E-state index contributed by atoms with van der Waals surface area (Å²) in [5, 5.41) is 16.0. The average molecular weight is 274 g/mol. The van der Waals surface area contributed by atoms with Crippen LogP contribution in [0.25, 0.3) is 0 Å². The van der Waals surface area contributed by atoms with Gasteiger partial charge in [-0.25, -0.2) is 0 Å². The van der Waals surface area contributed by atoms with Crippen LogP contribution in [-0.2, 0) is 6.42 Å². The Morgan fingerprint density at radius 3 is 2.30 bits per heavy atom. The van der Waals surface area contributed by atoms with Gasteiger partial charge in [-0.3, -0.25) is 4.68 Å². The zero-order chi connectivity index (χ0) is 13.9. The van der Waals surface area contributed by atoms with Gasteiger partial charge < -0.3 is 5.11 Å². The van der Waals surface area contributed by atoms with E-state index in [9.17, 15) is 5.11 Å². The van der Waals surface area contributed by atoms with Crippen molar-refractivity contribution in [1.82, 2.24) is 9.78 Å². The summed E-state index contributed by atoms with van der Waals surface area (Å²) in [5.41, 5.74) is 0.609. The molecule has 4 fully saturated rings. The van der Waals surface area contributed by atoms with Crippen molar-refractivity contribution in [3.63, 3.8) is 0 Å². The van der Waals surface area contributed by atoms with E-state index in [1.165, 1.54) is 32.1 Å². The van der Waals surface area contributed by atoms with Crippen molar-refractivity contribution in [2.45, 2.75) is 64.0 Å². The van der Waals surface area contributed by atoms with Crippen molar-refractivity contribution >= 4 is 0 Å². The Labute approximate surface area is 121 Å². The van der Waals surface area contributed by atoms with Crippen molar-refractivity contribution in [2.75, 3.05) is 0 Å². The molecule has 110 valence electrons. The van der Waals surface area contributed by atoms with Gasteiger partial charge in [-0.1, -0.05) is 0 Å². The number of aliphatic hydroxyl groups is 1. The van der Waals surface area contributed by atoms with Crippen LogP contribution in [0.4, 0.5) is 0 Å². The third kappa shape index (κ3) is 1.86. The van der Waals surface area contributed by atoms with Crippen LogP contribution in [-0.4, -0.2) is 20.5 Å². The molecule has 5 rings (SSSR count). The van der Waals surface area contributed by atoms with E-state index in [0.29, 0.717) is 17.9 Å². The second kappa shape index (κ2) is 4.33. The summed E-state index contributed by atoms with van der Waals surface area (Å²) in [6, 6.07) is 2.50. The molecule has 1 aromatic rings. The maximum Gasteiger partial charge on any atom is 0.0760 e. The molecule has 0 amide bonds. The van der Waals surface area contributed by atoms with E-state index < -0.39 is 5.60 Å². The molecule has 0 unspecified atom stereocenters. The third-order valence-corrected chi connectivity index (χ3v) is 6.21. The van der Waals surface area contributed by atoms with Crippen molar-refractivity contribution < 1.29 is 5.11 Å². The zero-order valence-electron chi connectivity index (χ0n) is 12.6. The van der Waals surface area contributed by atoms with Crippen LogP contribution >= 0.6 is 0 Å². The lowest BCUT2D eigenvalue weighted by molar-refractivity contribution is -0.172. The first-order valence-corrected chi connectivity index (χ1v) is 8.31. The molecule has 0 atom stereocenters. The molecular weight excluding hydrogens is 248 g/mol. The molecule has 20 heavy (non-hydrogen) atoms. The first-order valence-electron chi connectivity index (χ1n) is 8.31. The normalized spacial score (nSPS) is 42.6. The molecule has 0 spiro atoms. The van der Waals surface area contributed by atoms with Crippen molar-refractivity contribution in [3.05, 3.63) is 18.0 Å². The molecule has 1 heterocycles. The molecule has 0 saturated heterocycles. The van der Waals surface area contributed by atoms with E-state index in [-0.39, 0.29) is 0 Å². The highest BCUT2D eigenvalue weighted by Gasteiger charge is 2.56. The summed E-state index contributed by atoms with van der Waals surface area (Å²) in [6.45, 7) is 4.29. The highest BCUT2D eigenvalue weighted by Crippen LogP contribution is 2.58. The van der Waals surface area contributed by atoms with Gasteiger partial charge >= 0.3 is 0 Å². The Balaban J connectivity index is 1.57. The molecular formula is C17H26N2O. The number of nitrogens with zero attached hydrogens (tertiary/aromatic N) is 2. The maximum atomic E-state index is 11.3. The number of aromatic nitrogens is 2. The van der Waals surface area contributed by atoms with Crippen LogP contribution in [0.3, 0.4) is 0 Å². The van der Waals surface area contributed by atoms with E-state index in [2.05, 4.69) is 31.2 Å². The summed E-state index contributed by atoms with van der Waals surface area (Å²) in [6.07, 6.45) is 9.29. The highest BCUT2D eigenvalue weighted by molar-refractivity contribution is 5.13. The standard InChI is InChI=1S/C17H26N2O/c1-11(2)19-4-3-16(18-19)10-17(20)14-6-12-5-13(8-14)9-15(17)7-12/h3-4,11-15,20H,5-10H2,1-2H3. The number of hydrogen-bond donors (Lipinski definition) is 1. The smallest absolute Gasteiger partial charge is 0.0760 e. The molecule has 4 aliphatic carbocycles. The number of rotatable bonds is 3. The van der Waals surface area contributed by atoms with Gasteiger partial charge in [0.25, 0.3) is 0 Å². The predicted octanol–water partition coefficient (Wildman–Crippen LogP) is 3.19. The molecule has 1 N–H and O–H groups in total. The largest absolute Gasteiger partial charge is 0.389 e. The van der Waals surface area contributed by atoms with Crippen LogP contribution in [0.15, 0.2) is 12.3 Å². The summed E-state index contributed by atoms with van der Waals surface area (Å²) >= 11 is 0.